The topological polar surface area (TPSA) is 63.6 Å². The summed E-state index contributed by atoms with van der Waals surface area (Å²) in [6.07, 6.45) is 7.74. The molecule has 2 unspecified atom stereocenters. The number of hydrogen-bond donors (Lipinski definition) is 1. The van der Waals surface area contributed by atoms with E-state index in [4.69, 9.17) is 4.74 Å². The number of benzene rings is 1. The summed E-state index contributed by atoms with van der Waals surface area (Å²) in [6.45, 7) is 1.99. The van der Waals surface area contributed by atoms with Gasteiger partial charge >= 0.3 is 5.97 Å². The van der Waals surface area contributed by atoms with Crippen molar-refractivity contribution in [3.63, 3.8) is 0 Å². The maximum Gasteiger partial charge on any atom is 0.317 e. The van der Waals surface area contributed by atoms with Gasteiger partial charge in [-0.2, -0.15) is 0 Å². The number of hydrogen-bond acceptors (Lipinski definition) is 4. The molecule has 0 aliphatic heterocycles. The average Bonchev–Trinajstić information content (AvgIpc) is 2.62. The van der Waals surface area contributed by atoms with Crippen LogP contribution >= 0.6 is 0 Å². The van der Waals surface area contributed by atoms with Crippen LogP contribution in [0.5, 0.6) is 0 Å². The normalized spacial score (nSPS) is 24.7. The van der Waals surface area contributed by atoms with Crippen LogP contribution in [0.3, 0.4) is 0 Å². The van der Waals surface area contributed by atoms with Gasteiger partial charge in [0.05, 0.1) is 6.61 Å². The van der Waals surface area contributed by atoms with Gasteiger partial charge in [0.15, 0.2) is 5.78 Å². The van der Waals surface area contributed by atoms with E-state index in [-0.39, 0.29) is 30.5 Å². The highest BCUT2D eigenvalue weighted by Gasteiger charge is 2.38. The Bertz CT molecular complexity index is 653. The van der Waals surface area contributed by atoms with Gasteiger partial charge in [0.2, 0.25) is 0 Å². The summed E-state index contributed by atoms with van der Waals surface area (Å²) < 4.78 is 5.11. The van der Waals surface area contributed by atoms with Crippen LogP contribution in [-0.2, 0) is 14.3 Å². The fourth-order valence-corrected chi connectivity index (χ4v) is 4.13. The summed E-state index contributed by atoms with van der Waals surface area (Å²) in [6, 6.07) is 8.25. The SMILES string of the molecule is CCOC(=O)C1C(O)=CC(=O)CC1c1ccc(C2CCCCC2)cc1. The first-order chi connectivity index (χ1) is 12.1. The largest absolute Gasteiger partial charge is 0.511 e. The van der Waals surface area contributed by atoms with Crippen molar-refractivity contribution in [2.24, 2.45) is 5.92 Å². The van der Waals surface area contributed by atoms with Crippen molar-refractivity contribution in [3.8, 4) is 0 Å². The molecule has 0 aromatic heterocycles. The van der Waals surface area contributed by atoms with E-state index in [2.05, 4.69) is 12.1 Å². The summed E-state index contributed by atoms with van der Waals surface area (Å²) in [5.41, 5.74) is 2.24. The molecule has 0 bridgehead atoms. The minimum Gasteiger partial charge on any atom is -0.511 e. The van der Waals surface area contributed by atoms with Crippen molar-refractivity contribution in [1.82, 2.24) is 0 Å². The third-order valence-corrected chi connectivity index (χ3v) is 5.43. The molecule has 1 aromatic rings. The Balaban J connectivity index is 1.83. The summed E-state index contributed by atoms with van der Waals surface area (Å²) in [7, 11) is 0. The number of esters is 1. The van der Waals surface area contributed by atoms with E-state index in [1.54, 1.807) is 6.92 Å². The highest BCUT2D eigenvalue weighted by atomic mass is 16.5. The van der Waals surface area contributed by atoms with E-state index < -0.39 is 11.9 Å². The third-order valence-electron chi connectivity index (χ3n) is 5.43. The van der Waals surface area contributed by atoms with Gasteiger partial charge in [0, 0.05) is 18.4 Å². The lowest BCUT2D eigenvalue weighted by molar-refractivity contribution is -0.148. The molecular weight excluding hydrogens is 316 g/mol. The summed E-state index contributed by atoms with van der Waals surface area (Å²) in [5, 5.41) is 10.2. The number of carbonyl (C=O) groups excluding carboxylic acids is 2. The Morgan fingerprint density at radius 1 is 1.12 bits per heavy atom. The molecule has 1 N–H and O–H groups in total. The van der Waals surface area contributed by atoms with E-state index in [0.29, 0.717) is 5.92 Å². The maximum absolute atomic E-state index is 12.3. The third kappa shape index (κ3) is 3.94. The fourth-order valence-electron chi connectivity index (χ4n) is 4.13. The van der Waals surface area contributed by atoms with E-state index in [1.165, 1.54) is 37.7 Å². The van der Waals surface area contributed by atoms with E-state index in [9.17, 15) is 14.7 Å². The number of ketones is 1. The van der Waals surface area contributed by atoms with Gasteiger partial charge in [-0.25, -0.2) is 0 Å². The zero-order valence-corrected chi connectivity index (χ0v) is 14.7. The Labute approximate surface area is 148 Å². The van der Waals surface area contributed by atoms with Crippen LogP contribution in [0.1, 0.15) is 68.4 Å². The molecule has 1 fully saturated rings. The molecule has 1 saturated carbocycles. The minimum atomic E-state index is -0.793. The van der Waals surface area contributed by atoms with Crippen molar-refractivity contribution >= 4 is 11.8 Å². The van der Waals surface area contributed by atoms with Gasteiger partial charge in [-0.1, -0.05) is 43.5 Å². The Hall–Kier alpha value is -2.10. The lowest BCUT2D eigenvalue weighted by Gasteiger charge is -2.28. The van der Waals surface area contributed by atoms with E-state index in [1.807, 2.05) is 12.1 Å². The van der Waals surface area contributed by atoms with Crippen molar-refractivity contribution in [2.45, 2.75) is 57.3 Å². The molecule has 2 atom stereocenters. The molecule has 2 aliphatic carbocycles. The molecule has 0 saturated heterocycles. The highest BCUT2D eigenvalue weighted by molar-refractivity contribution is 5.94. The first-order valence-corrected chi connectivity index (χ1v) is 9.30. The lowest BCUT2D eigenvalue weighted by atomic mass is 9.76. The second kappa shape index (κ2) is 7.85. The van der Waals surface area contributed by atoms with E-state index >= 15 is 0 Å². The quantitative estimate of drug-likeness (QED) is 0.823. The number of aliphatic hydroxyl groups excluding tert-OH is 1. The van der Waals surface area contributed by atoms with Crippen LogP contribution in [0.4, 0.5) is 0 Å². The van der Waals surface area contributed by atoms with Crippen LogP contribution in [0.15, 0.2) is 36.1 Å². The smallest absolute Gasteiger partial charge is 0.317 e. The van der Waals surface area contributed by atoms with Crippen LogP contribution in [0.2, 0.25) is 0 Å². The van der Waals surface area contributed by atoms with Crippen molar-refractivity contribution in [3.05, 3.63) is 47.2 Å². The second-order valence-electron chi connectivity index (χ2n) is 7.08. The molecule has 0 heterocycles. The minimum absolute atomic E-state index is 0.153. The molecule has 1 aromatic carbocycles. The summed E-state index contributed by atoms with van der Waals surface area (Å²) in [5.74, 6) is -1.35. The van der Waals surface area contributed by atoms with Crippen LogP contribution in [0, 0.1) is 5.92 Å². The molecule has 134 valence electrons. The molecule has 2 aliphatic rings. The first kappa shape index (κ1) is 17.7. The summed E-state index contributed by atoms with van der Waals surface area (Å²) >= 11 is 0. The molecule has 0 radical (unpaired) electrons. The zero-order valence-electron chi connectivity index (χ0n) is 14.7. The van der Waals surface area contributed by atoms with Gasteiger partial charge in [0.25, 0.3) is 0 Å². The fraction of sp³-hybridized carbons (Fsp3) is 0.524. The van der Waals surface area contributed by atoms with Crippen LogP contribution < -0.4 is 0 Å². The Morgan fingerprint density at radius 3 is 2.40 bits per heavy atom. The van der Waals surface area contributed by atoms with E-state index in [0.717, 1.165) is 11.6 Å². The standard InChI is InChI=1S/C21H26O4/c1-2-25-21(24)20-18(12-17(22)13-19(20)23)16-10-8-15(9-11-16)14-6-4-3-5-7-14/h8-11,13-14,18,20,23H,2-7,12H2,1H3. The average molecular weight is 342 g/mol. The number of aliphatic hydroxyl groups is 1. The molecular formula is C21H26O4. The number of carbonyl (C=O) groups is 2. The Morgan fingerprint density at radius 2 is 1.76 bits per heavy atom. The molecule has 25 heavy (non-hydrogen) atoms. The van der Waals surface area contributed by atoms with Gasteiger partial charge in [0.1, 0.15) is 11.7 Å². The monoisotopic (exact) mass is 342 g/mol. The molecule has 4 heteroatoms. The number of allylic oxidation sites excluding steroid dienone is 1. The predicted molar refractivity (Wildman–Crippen MR) is 95.5 cm³/mol. The maximum atomic E-state index is 12.3. The second-order valence-corrected chi connectivity index (χ2v) is 7.08. The van der Waals surface area contributed by atoms with Crippen molar-refractivity contribution in [2.75, 3.05) is 6.61 Å². The zero-order chi connectivity index (χ0) is 17.8. The lowest BCUT2D eigenvalue weighted by Crippen LogP contribution is -2.31. The summed E-state index contributed by atoms with van der Waals surface area (Å²) in [4.78, 5) is 24.2. The first-order valence-electron chi connectivity index (χ1n) is 9.30. The molecule has 3 rings (SSSR count). The predicted octanol–water partition coefficient (Wildman–Crippen LogP) is 4.41. The van der Waals surface area contributed by atoms with Gasteiger partial charge in [-0.05, 0) is 36.8 Å². The van der Waals surface area contributed by atoms with Crippen molar-refractivity contribution in [1.29, 1.82) is 0 Å². The molecule has 4 nitrogen and oxygen atoms in total. The van der Waals surface area contributed by atoms with Crippen LogP contribution in [-0.4, -0.2) is 23.5 Å². The number of ether oxygens (including phenoxy) is 1. The van der Waals surface area contributed by atoms with Crippen LogP contribution in [0.25, 0.3) is 0 Å². The molecule has 0 amide bonds. The Kier molecular flexibility index (Phi) is 5.57. The number of rotatable bonds is 4. The van der Waals surface area contributed by atoms with Crippen molar-refractivity contribution < 1.29 is 19.4 Å². The highest BCUT2D eigenvalue weighted by Crippen LogP contribution is 2.38. The van der Waals surface area contributed by atoms with Gasteiger partial charge < -0.3 is 9.84 Å². The molecule has 0 spiro atoms. The van der Waals surface area contributed by atoms with Gasteiger partial charge in [-0.3, -0.25) is 9.59 Å². The van der Waals surface area contributed by atoms with Gasteiger partial charge in [-0.15, -0.1) is 0 Å².